The van der Waals surface area contributed by atoms with Crippen LogP contribution in [0.15, 0.2) is 18.2 Å². The number of nitrogens with two attached hydrogens (primary N) is 1. The fourth-order valence-corrected chi connectivity index (χ4v) is 3.29. The number of hydrogen-bond acceptors (Lipinski definition) is 4. The molecule has 104 valence electrons. The van der Waals surface area contributed by atoms with E-state index >= 15 is 0 Å². The molecule has 4 N–H and O–H groups in total. The van der Waals surface area contributed by atoms with Gasteiger partial charge < -0.3 is 10.5 Å². The van der Waals surface area contributed by atoms with Crippen LogP contribution < -0.4 is 15.2 Å². The molecule has 0 saturated heterocycles. The maximum absolute atomic E-state index is 11.9. The van der Waals surface area contributed by atoms with Crippen LogP contribution in [-0.2, 0) is 10.0 Å². The molecule has 7 heteroatoms. The van der Waals surface area contributed by atoms with E-state index < -0.39 is 10.0 Å². The Balaban J connectivity index is 2.21. The number of ether oxygens (including phenoxy) is 1. The molecule has 0 spiro atoms. The van der Waals surface area contributed by atoms with Crippen molar-refractivity contribution >= 4 is 21.5 Å². The molecule has 1 aromatic rings. The summed E-state index contributed by atoms with van der Waals surface area (Å²) in [5.74, 6) is 0.683. The van der Waals surface area contributed by atoms with Gasteiger partial charge in [0.15, 0.2) is 0 Å². The predicted molar refractivity (Wildman–Crippen MR) is 74.1 cm³/mol. The third-order valence-corrected chi connectivity index (χ3v) is 4.37. The molecule has 2 rings (SSSR count). The SMILES string of the molecule is COc1cc(C(=N)N)ccc1NS(=O)(=O)CC1CC1. The van der Waals surface area contributed by atoms with Crippen molar-refractivity contribution < 1.29 is 13.2 Å². The van der Waals surface area contributed by atoms with E-state index in [1.807, 2.05) is 0 Å². The van der Waals surface area contributed by atoms with Crippen LogP contribution in [0, 0.1) is 11.3 Å². The molecule has 0 unspecified atom stereocenters. The van der Waals surface area contributed by atoms with Crippen LogP contribution in [0.3, 0.4) is 0 Å². The number of amidine groups is 1. The summed E-state index contributed by atoms with van der Waals surface area (Å²) in [5.41, 5.74) is 6.23. The number of sulfonamides is 1. The number of anilines is 1. The maximum Gasteiger partial charge on any atom is 0.233 e. The molecule has 1 aliphatic carbocycles. The van der Waals surface area contributed by atoms with Gasteiger partial charge in [-0.25, -0.2) is 8.42 Å². The van der Waals surface area contributed by atoms with Crippen molar-refractivity contribution in [2.24, 2.45) is 11.7 Å². The molecule has 0 amide bonds. The Labute approximate surface area is 112 Å². The summed E-state index contributed by atoms with van der Waals surface area (Å²) in [7, 11) is -1.91. The Hall–Kier alpha value is -1.76. The van der Waals surface area contributed by atoms with Gasteiger partial charge in [-0.05, 0) is 37.0 Å². The highest BCUT2D eigenvalue weighted by Crippen LogP contribution is 2.32. The maximum atomic E-state index is 11.9. The third-order valence-electron chi connectivity index (χ3n) is 2.93. The number of hydrogen-bond donors (Lipinski definition) is 3. The summed E-state index contributed by atoms with van der Waals surface area (Å²) in [6.45, 7) is 0. The second-order valence-corrected chi connectivity index (χ2v) is 6.42. The van der Waals surface area contributed by atoms with Crippen LogP contribution in [-0.4, -0.2) is 27.1 Å². The van der Waals surface area contributed by atoms with Gasteiger partial charge in [0.1, 0.15) is 11.6 Å². The molecule has 0 radical (unpaired) electrons. The average Bonchev–Trinajstić information content (AvgIpc) is 3.11. The molecular formula is C12H17N3O3S. The molecule has 0 atom stereocenters. The van der Waals surface area contributed by atoms with E-state index in [9.17, 15) is 8.42 Å². The summed E-state index contributed by atoms with van der Waals surface area (Å²) in [4.78, 5) is 0. The standard InChI is InChI=1S/C12H17N3O3S/c1-18-11-6-9(12(13)14)4-5-10(11)15-19(16,17)7-8-2-3-8/h4-6,8,15H,2-3,7H2,1H3,(H3,13,14). The van der Waals surface area contributed by atoms with Crippen molar-refractivity contribution in [3.63, 3.8) is 0 Å². The Morgan fingerprint density at radius 3 is 2.74 bits per heavy atom. The van der Waals surface area contributed by atoms with Gasteiger partial charge in [-0.3, -0.25) is 10.1 Å². The summed E-state index contributed by atoms with van der Waals surface area (Å²) in [5, 5.41) is 7.34. The summed E-state index contributed by atoms with van der Waals surface area (Å²) in [6, 6.07) is 4.68. The van der Waals surface area contributed by atoms with Gasteiger partial charge in [0, 0.05) is 5.56 Å². The molecule has 6 nitrogen and oxygen atoms in total. The lowest BCUT2D eigenvalue weighted by Crippen LogP contribution is -2.18. The van der Waals surface area contributed by atoms with Crippen molar-refractivity contribution in [2.45, 2.75) is 12.8 Å². The van der Waals surface area contributed by atoms with Gasteiger partial charge in [-0.15, -0.1) is 0 Å². The van der Waals surface area contributed by atoms with Gasteiger partial charge in [0.2, 0.25) is 10.0 Å². The third kappa shape index (κ3) is 3.60. The Bertz CT molecular complexity index is 594. The highest BCUT2D eigenvalue weighted by atomic mass is 32.2. The minimum Gasteiger partial charge on any atom is -0.495 e. The van der Waals surface area contributed by atoms with E-state index in [2.05, 4.69) is 4.72 Å². The Morgan fingerprint density at radius 1 is 1.53 bits per heavy atom. The molecule has 1 fully saturated rings. The number of benzene rings is 1. The van der Waals surface area contributed by atoms with Gasteiger partial charge >= 0.3 is 0 Å². The number of nitrogen functional groups attached to an aromatic ring is 1. The van der Waals surface area contributed by atoms with E-state index in [1.54, 1.807) is 12.1 Å². The first-order valence-electron chi connectivity index (χ1n) is 5.94. The largest absolute Gasteiger partial charge is 0.495 e. The number of methoxy groups -OCH3 is 1. The minimum absolute atomic E-state index is 0.0920. The van der Waals surface area contributed by atoms with Crippen LogP contribution >= 0.6 is 0 Å². The molecule has 0 aliphatic heterocycles. The predicted octanol–water partition coefficient (Wildman–Crippen LogP) is 1.13. The van der Waals surface area contributed by atoms with Crippen molar-refractivity contribution in [3.8, 4) is 5.75 Å². The average molecular weight is 283 g/mol. The second-order valence-electron chi connectivity index (χ2n) is 4.66. The van der Waals surface area contributed by atoms with E-state index in [0.29, 0.717) is 17.0 Å². The lowest BCUT2D eigenvalue weighted by Gasteiger charge is -2.12. The second kappa shape index (κ2) is 5.08. The Morgan fingerprint density at radius 2 is 2.21 bits per heavy atom. The van der Waals surface area contributed by atoms with Crippen LogP contribution in [0.4, 0.5) is 5.69 Å². The zero-order valence-electron chi connectivity index (χ0n) is 10.6. The van der Waals surface area contributed by atoms with Gasteiger partial charge in [0.25, 0.3) is 0 Å². The smallest absolute Gasteiger partial charge is 0.233 e. The van der Waals surface area contributed by atoms with Gasteiger partial charge in [-0.1, -0.05) is 0 Å². The fourth-order valence-electron chi connectivity index (χ4n) is 1.75. The molecule has 1 aromatic carbocycles. The number of nitrogens with one attached hydrogen (secondary N) is 2. The lowest BCUT2D eigenvalue weighted by molar-refractivity contribution is 0.417. The first-order valence-corrected chi connectivity index (χ1v) is 7.59. The molecule has 1 saturated carbocycles. The topological polar surface area (TPSA) is 105 Å². The van der Waals surface area contributed by atoms with Crippen molar-refractivity contribution in [1.29, 1.82) is 5.41 Å². The highest BCUT2D eigenvalue weighted by Gasteiger charge is 2.28. The highest BCUT2D eigenvalue weighted by molar-refractivity contribution is 7.92. The van der Waals surface area contributed by atoms with E-state index in [-0.39, 0.29) is 17.5 Å². The fraction of sp³-hybridized carbons (Fsp3) is 0.417. The molecule has 0 aromatic heterocycles. The molecule has 0 bridgehead atoms. The first-order chi connectivity index (χ1) is 8.91. The summed E-state index contributed by atoms with van der Waals surface area (Å²) in [6.07, 6.45) is 1.95. The lowest BCUT2D eigenvalue weighted by atomic mass is 10.2. The van der Waals surface area contributed by atoms with E-state index in [0.717, 1.165) is 12.8 Å². The van der Waals surface area contributed by atoms with Crippen LogP contribution in [0.1, 0.15) is 18.4 Å². The zero-order valence-corrected chi connectivity index (χ0v) is 11.5. The van der Waals surface area contributed by atoms with Gasteiger partial charge in [-0.2, -0.15) is 0 Å². The molecule has 19 heavy (non-hydrogen) atoms. The monoisotopic (exact) mass is 283 g/mol. The summed E-state index contributed by atoms with van der Waals surface area (Å²) < 4.78 is 31.4. The summed E-state index contributed by atoms with van der Waals surface area (Å²) >= 11 is 0. The van der Waals surface area contributed by atoms with Crippen LogP contribution in [0.2, 0.25) is 0 Å². The quantitative estimate of drug-likeness (QED) is 0.537. The van der Waals surface area contributed by atoms with E-state index in [4.69, 9.17) is 15.9 Å². The van der Waals surface area contributed by atoms with Crippen molar-refractivity contribution in [2.75, 3.05) is 17.6 Å². The van der Waals surface area contributed by atoms with Crippen molar-refractivity contribution in [3.05, 3.63) is 23.8 Å². The molecule has 0 heterocycles. The van der Waals surface area contributed by atoms with Gasteiger partial charge in [0.05, 0.1) is 18.6 Å². The first kappa shape index (κ1) is 13.7. The molecule has 1 aliphatic rings. The number of rotatable bonds is 6. The normalized spacial score (nSPS) is 15.0. The zero-order chi connectivity index (χ0) is 14.0. The molecular weight excluding hydrogens is 266 g/mol. The Kier molecular flexibility index (Phi) is 3.66. The van der Waals surface area contributed by atoms with Crippen LogP contribution in [0.5, 0.6) is 5.75 Å². The minimum atomic E-state index is -3.35. The van der Waals surface area contributed by atoms with Crippen molar-refractivity contribution in [1.82, 2.24) is 0 Å². The van der Waals surface area contributed by atoms with Crippen LogP contribution in [0.25, 0.3) is 0 Å². The van der Waals surface area contributed by atoms with E-state index in [1.165, 1.54) is 13.2 Å².